The van der Waals surface area contributed by atoms with E-state index in [0.29, 0.717) is 0 Å². The highest BCUT2D eigenvalue weighted by Crippen LogP contribution is 2.08. The number of rotatable bonds is 10. The second kappa shape index (κ2) is 14.1. The minimum atomic E-state index is 1.14. The maximum Gasteiger partial charge on any atom is 0.181 e. The number of aryl methyl sites for hydroxylation is 2. The topological polar surface area (TPSA) is 27.7 Å². The van der Waals surface area contributed by atoms with Gasteiger partial charge in [0.15, 0.2) is 11.9 Å². The molecule has 0 aromatic carbocycles. The molecule has 1 heterocycles. The van der Waals surface area contributed by atoms with E-state index < -0.39 is 0 Å². The summed E-state index contributed by atoms with van der Waals surface area (Å²) in [6.07, 6.45) is 14.6. The fourth-order valence-corrected chi connectivity index (χ4v) is 2.47. The van der Waals surface area contributed by atoms with Gasteiger partial charge in [-0.2, -0.15) is 0 Å². The van der Waals surface area contributed by atoms with E-state index in [9.17, 15) is 0 Å². The van der Waals surface area contributed by atoms with Crippen LogP contribution in [0.4, 0.5) is 0 Å². The number of aromatic nitrogens is 1. The van der Waals surface area contributed by atoms with Crippen LogP contribution in [-0.2, 0) is 13.0 Å². The Hall–Kier alpha value is -1.36. The van der Waals surface area contributed by atoms with Crippen molar-refractivity contribution in [3.63, 3.8) is 0 Å². The first-order valence-corrected chi connectivity index (χ1v) is 8.08. The third-order valence-corrected chi connectivity index (χ3v) is 3.65. The SMILES string of the molecule is CCCCCCCCCC[n+]1ccccc1CC.[C-]#N. The van der Waals surface area contributed by atoms with Crippen LogP contribution in [0.25, 0.3) is 0 Å². The lowest BCUT2D eigenvalue weighted by atomic mass is 10.1. The number of hydrogen-bond donors (Lipinski definition) is 0. The Morgan fingerprint density at radius 1 is 0.900 bits per heavy atom. The van der Waals surface area contributed by atoms with E-state index in [0.717, 1.165) is 6.42 Å². The van der Waals surface area contributed by atoms with Crippen molar-refractivity contribution < 1.29 is 4.57 Å². The molecule has 0 saturated carbocycles. The van der Waals surface area contributed by atoms with E-state index in [1.165, 1.54) is 63.6 Å². The van der Waals surface area contributed by atoms with E-state index in [4.69, 9.17) is 11.8 Å². The smallest absolute Gasteiger partial charge is 0.181 e. The van der Waals surface area contributed by atoms with Gasteiger partial charge in [0.2, 0.25) is 0 Å². The fourth-order valence-electron chi connectivity index (χ4n) is 2.47. The standard InChI is InChI=1S/C17H30N.CN/c1-3-5-6-7-8-9-10-12-15-18-16-13-11-14-17(18)4-2;1-2/h11,13-14,16H,3-10,12,15H2,1-2H3;/q+1;-1. The molecule has 2 nitrogen and oxygen atoms in total. The third-order valence-electron chi connectivity index (χ3n) is 3.65. The van der Waals surface area contributed by atoms with Gasteiger partial charge in [0, 0.05) is 25.0 Å². The molecule has 1 rings (SSSR count). The molecule has 0 fully saturated rings. The average molecular weight is 274 g/mol. The molecule has 0 aliphatic rings. The van der Waals surface area contributed by atoms with E-state index >= 15 is 0 Å². The van der Waals surface area contributed by atoms with Gasteiger partial charge in [0.1, 0.15) is 6.54 Å². The lowest BCUT2D eigenvalue weighted by molar-refractivity contribution is -0.704. The summed E-state index contributed by atoms with van der Waals surface area (Å²) in [7, 11) is 0. The van der Waals surface area contributed by atoms with E-state index in [1.54, 1.807) is 0 Å². The Morgan fingerprint density at radius 3 is 2.10 bits per heavy atom. The fraction of sp³-hybridized carbons (Fsp3) is 0.667. The molecule has 20 heavy (non-hydrogen) atoms. The first-order valence-electron chi connectivity index (χ1n) is 8.08. The zero-order valence-corrected chi connectivity index (χ0v) is 13.3. The summed E-state index contributed by atoms with van der Waals surface area (Å²) in [6, 6.07) is 6.53. The highest BCUT2D eigenvalue weighted by Gasteiger charge is 2.05. The summed E-state index contributed by atoms with van der Waals surface area (Å²) in [4.78, 5) is 0. The van der Waals surface area contributed by atoms with Crippen molar-refractivity contribution in [2.75, 3.05) is 0 Å². The Labute approximate surface area is 125 Å². The molecule has 0 radical (unpaired) electrons. The average Bonchev–Trinajstić information content (AvgIpc) is 2.52. The van der Waals surface area contributed by atoms with Gasteiger partial charge < -0.3 is 11.8 Å². The van der Waals surface area contributed by atoms with Crippen LogP contribution in [0.1, 0.15) is 70.9 Å². The van der Waals surface area contributed by atoms with Gasteiger partial charge in [-0.25, -0.2) is 4.57 Å². The molecule has 0 amide bonds. The number of unbranched alkanes of at least 4 members (excludes halogenated alkanes) is 7. The summed E-state index contributed by atoms with van der Waals surface area (Å²) in [5.74, 6) is 0. The minimum absolute atomic E-state index is 1.14. The molecule has 2 heteroatoms. The highest BCUT2D eigenvalue weighted by molar-refractivity contribution is 4.96. The molecule has 1 aromatic heterocycles. The lowest BCUT2D eigenvalue weighted by Crippen LogP contribution is -2.37. The molecule has 0 N–H and O–H groups in total. The zero-order valence-electron chi connectivity index (χ0n) is 13.3. The zero-order chi connectivity index (χ0) is 15.1. The summed E-state index contributed by atoms with van der Waals surface area (Å²) in [5, 5.41) is 6.25. The quantitative estimate of drug-likeness (QED) is 0.343. The van der Waals surface area contributed by atoms with E-state index in [2.05, 4.69) is 42.8 Å². The van der Waals surface area contributed by atoms with Crippen LogP contribution in [0.15, 0.2) is 24.4 Å². The molecular formula is C18H30N2. The second-order valence-electron chi connectivity index (χ2n) is 5.21. The minimum Gasteiger partial charge on any atom is -0.512 e. The molecule has 0 aliphatic carbocycles. The molecule has 112 valence electrons. The van der Waals surface area contributed by atoms with Gasteiger partial charge in [-0.15, -0.1) is 0 Å². The van der Waals surface area contributed by atoms with Crippen LogP contribution < -0.4 is 4.57 Å². The van der Waals surface area contributed by atoms with Gasteiger partial charge in [-0.1, -0.05) is 58.4 Å². The maximum absolute atomic E-state index is 6.25. The Kier molecular flexibility index (Phi) is 13.1. The molecule has 0 unspecified atom stereocenters. The van der Waals surface area contributed by atoms with Crippen LogP contribution in [0, 0.1) is 11.8 Å². The van der Waals surface area contributed by atoms with Crippen LogP contribution in [-0.4, -0.2) is 0 Å². The number of hydrogen-bond acceptors (Lipinski definition) is 1. The van der Waals surface area contributed by atoms with Gasteiger partial charge in [-0.3, -0.25) is 0 Å². The van der Waals surface area contributed by atoms with Crippen LogP contribution in [0.2, 0.25) is 0 Å². The normalized spacial score (nSPS) is 9.80. The first-order chi connectivity index (χ1) is 9.88. The molecule has 0 bridgehead atoms. The third kappa shape index (κ3) is 8.69. The van der Waals surface area contributed by atoms with Crippen molar-refractivity contribution in [1.29, 1.82) is 5.26 Å². The lowest BCUT2D eigenvalue weighted by Gasteiger charge is -2.02. The Bertz CT molecular complexity index is 344. The molecular weight excluding hydrogens is 244 g/mol. The summed E-state index contributed by atoms with van der Waals surface area (Å²) in [5.41, 5.74) is 1.46. The predicted molar refractivity (Wildman–Crippen MR) is 83.6 cm³/mol. The van der Waals surface area contributed by atoms with Crippen molar-refractivity contribution >= 4 is 0 Å². The van der Waals surface area contributed by atoms with Crippen LogP contribution in [0.5, 0.6) is 0 Å². The van der Waals surface area contributed by atoms with E-state index in [-0.39, 0.29) is 0 Å². The van der Waals surface area contributed by atoms with Crippen molar-refractivity contribution in [1.82, 2.24) is 0 Å². The summed E-state index contributed by atoms with van der Waals surface area (Å²) >= 11 is 0. The second-order valence-corrected chi connectivity index (χ2v) is 5.21. The molecule has 0 atom stereocenters. The van der Waals surface area contributed by atoms with Gasteiger partial charge in [0.25, 0.3) is 0 Å². The number of nitrogens with zero attached hydrogens (tertiary/aromatic N) is 2. The molecule has 0 spiro atoms. The van der Waals surface area contributed by atoms with E-state index in [1.807, 2.05) is 0 Å². The van der Waals surface area contributed by atoms with Crippen LogP contribution >= 0.6 is 0 Å². The van der Waals surface area contributed by atoms with Crippen LogP contribution in [0.3, 0.4) is 0 Å². The summed E-state index contributed by atoms with van der Waals surface area (Å²) in [6.45, 7) is 10.5. The summed E-state index contributed by atoms with van der Waals surface area (Å²) < 4.78 is 2.41. The molecule has 0 aliphatic heterocycles. The van der Waals surface area contributed by atoms with Crippen molar-refractivity contribution in [3.8, 4) is 0 Å². The van der Waals surface area contributed by atoms with Crippen molar-refractivity contribution in [3.05, 3.63) is 36.7 Å². The van der Waals surface area contributed by atoms with Gasteiger partial charge >= 0.3 is 0 Å². The Balaban J connectivity index is 0.00000172. The Morgan fingerprint density at radius 2 is 1.50 bits per heavy atom. The highest BCUT2D eigenvalue weighted by atomic mass is 14.9. The predicted octanol–water partition coefficient (Wildman–Crippen LogP) is 4.77. The van der Waals surface area contributed by atoms with Crippen molar-refractivity contribution in [2.45, 2.75) is 78.2 Å². The largest absolute Gasteiger partial charge is 0.512 e. The monoisotopic (exact) mass is 274 g/mol. The van der Waals surface area contributed by atoms with Crippen molar-refractivity contribution in [2.24, 2.45) is 0 Å². The first kappa shape index (κ1) is 18.6. The molecule has 0 saturated heterocycles. The van der Waals surface area contributed by atoms with Gasteiger partial charge in [-0.05, 0) is 6.42 Å². The number of pyridine rings is 1. The molecule has 1 aromatic rings. The maximum atomic E-state index is 6.25. The van der Waals surface area contributed by atoms with Gasteiger partial charge in [0.05, 0.1) is 0 Å².